The molecule has 2 N–H and O–H groups in total. The van der Waals surface area contributed by atoms with Crippen molar-refractivity contribution in [3.8, 4) is 0 Å². The van der Waals surface area contributed by atoms with Crippen LogP contribution in [0.25, 0.3) is 10.8 Å². The van der Waals surface area contributed by atoms with E-state index in [2.05, 4.69) is 15.5 Å². The van der Waals surface area contributed by atoms with Crippen molar-refractivity contribution >= 4 is 34.3 Å². The van der Waals surface area contributed by atoms with Crippen molar-refractivity contribution in [3.05, 3.63) is 42.5 Å². The number of nitrogens with zero attached hydrogens (tertiary/aromatic N) is 2. The smallest absolute Gasteiger partial charge is 0.329 e. The third-order valence-corrected chi connectivity index (χ3v) is 5.54. The average molecular weight is 410 g/mol. The van der Waals surface area contributed by atoms with Crippen LogP contribution >= 0.6 is 0 Å². The highest BCUT2D eigenvalue weighted by atomic mass is 16.5. The fraction of sp³-hybridized carbons (Fsp3) is 0.409. The maximum atomic E-state index is 12.9. The molecule has 158 valence electrons. The lowest BCUT2D eigenvalue weighted by Crippen LogP contribution is -2.41. The molecule has 2 heterocycles. The van der Waals surface area contributed by atoms with Crippen molar-refractivity contribution in [1.29, 1.82) is 0 Å². The zero-order valence-electron chi connectivity index (χ0n) is 16.8. The first-order valence-corrected chi connectivity index (χ1v) is 10.3. The number of anilines is 1. The summed E-state index contributed by atoms with van der Waals surface area (Å²) in [5.41, 5.74) is 0.563. The second-order valence-corrected chi connectivity index (χ2v) is 7.52. The van der Waals surface area contributed by atoms with E-state index in [1.165, 1.54) is 4.90 Å². The lowest BCUT2D eigenvalue weighted by Gasteiger charge is -2.26. The molecule has 0 spiro atoms. The normalized spacial score (nSPS) is 19.9. The summed E-state index contributed by atoms with van der Waals surface area (Å²) in [7, 11) is 0. The predicted molar refractivity (Wildman–Crippen MR) is 113 cm³/mol. The maximum absolute atomic E-state index is 12.9. The molecule has 2 saturated heterocycles. The van der Waals surface area contributed by atoms with Gasteiger partial charge in [-0.3, -0.25) is 14.5 Å². The molecule has 4 rings (SSSR count). The van der Waals surface area contributed by atoms with E-state index in [-0.39, 0.29) is 24.7 Å². The van der Waals surface area contributed by atoms with E-state index in [1.54, 1.807) is 6.07 Å². The van der Waals surface area contributed by atoms with Crippen molar-refractivity contribution in [3.63, 3.8) is 0 Å². The van der Waals surface area contributed by atoms with E-state index in [0.717, 1.165) is 43.6 Å². The van der Waals surface area contributed by atoms with E-state index in [4.69, 9.17) is 4.74 Å². The first-order valence-electron chi connectivity index (χ1n) is 10.3. The number of morpholine rings is 1. The third kappa shape index (κ3) is 4.44. The quantitative estimate of drug-likeness (QED) is 0.675. The second-order valence-electron chi connectivity index (χ2n) is 7.52. The Hall–Kier alpha value is -2.97. The minimum Gasteiger partial charge on any atom is -0.379 e. The van der Waals surface area contributed by atoms with Gasteiger partial charge in [-0.1, -0.05) is 36.4 Å². The molecule has 0 aromatic heterocycles. The predicted octanol–water partition coefficient (Wildman–Crippen LogP) is 1.49. The molecule has 0 radical (unpaired) electrons. The first kappa shape index (κ1) is 20.3. The lowest BCUT2D eigenvalue weighted by molar-refractivity contribution is -0.121. The molecule has 0 aliphatic carbocycles. The van der Waals surface area contributed by atoms with Crippen molar-refractivity contribution in [2.24, 2.45) is 0 Å². The van der Waals surface area contributed by atoms with Crippen LogP contribution in [-0.2, 0) is 14.3 Å². The molecule has 1 unspecified atom stereocenters. The van der Waals surface area contributed by atoms with Crippen molar-refractivity contribution in [2.45, 2.75) is 18.9 Å². The van der Waals surface area contributed by atoms with Crippen LogP contribution in [0, 0.1) is 0 Å². The Bertz CT molecular complexity index is 936. The SMILES string of the molecule is O=C(CCC1NC(=O)N(c2cccc3ccccc23)C1=O)NCCN1CCOCC1. The molecule has 2 fully saturated rings. The molecule has 8 nitrogen and oxygen atoms in total. The van der Waals surface area contributed by atoms with Crippen molar-refractivity contribution in [2.75, 3.05) is 44.3 Å². The van der Waals surface area contributed by atoms with Gasteiger partial charge in [-0.15, -0.1) is 0 Å². The van der Waals surface area contributed by atoms with Crippen LogP contribution in [0.3, 0.4) is 0 Å². The first-order chi connectivity index (χ1) is 14.6. The number of benzene rings is 2. The molecule has 30 heavy (non-hydrogen) atoms. The summed E-state index contributed by atoms with van der Waals surface area (Å²) in [6.07, 6.45) is 0.457. The van der Waals surface area contributed by atoms with Gasteiger partial charge in [-0.05, 0) is 17.9 Å². The molecular formula is C22H26N4O4. The Kier molecular flexibility index (Phi) is 6.25. The number of urea groups is 1. The lowest BCUT2D eigenvalue weighted by atomic mass is 10.1. The van der Waals surface area contributed by atoms with Gasteiger partial charge in [-0.2, -0.15) is 0 Å². The van der Waals surface area contributed by atoms with Crippen LogP contribution in [0.2, 0.25) is 0 Å². The molecule has 2 aliphatic rings. The summed E-state index contributed by atoms with van der Waals surface area (Å²) >= 11 is 0. The van der Waals surface area contributed by atoms with Crippen LogP contribution in [0.5, 0.6) is 0 Å². The summed E-state index contributed by atoms with van der Waals surface area (Å²) in [5, 5.41) is 7.40. The summed E-state index contributed by atoms with van der Waals surface area (Å²) in [5.74, 6) is -0.439. The molecular weight excluding hydrogens is 384 g/mol. The Morgan fingerprint density at radius 3 is 2.70 bits per heavy atom. The van der Waals surface area contributed by atoms with Crippen molar-refractivity contribution in [1.82, 2.24) is 15.5 Å². The number of amides is 4. The van der Waals surface area contributed by atoms with Crippen LogP contribution in [0.1, 0.15) is 12.8 Å². The van der Waals surface area contributed by atoms with Crippen molar-refractivity contribution < 1.29 is 19.1 Å². The minimum absolute atomic E-state index is 0.117. The van der Waals surface area contributed by atoms with Gasteiger partial charge in [0.05, 0.1) is 18.9 Å². The van der Waals surface area contributed by atoms with Gasteiger partial charge in [0, 0.05) is 38.0 Å². The number of nitrogens with one attached hydrogen (secondary N) is 2. The van der Waals surface area contributed by atoms with Crippen LogP contribution in [0.15, 0.2) is 42.5 Å². The van der Waals surface area contributed by atoms with Gasteiger partial charge < -0.3 is 15.4 Å². The number of hydrogen-bond acceptors (Lipinski definition) is 5. The van der Waals surface area contributed by atoms with E-state index in [0.29, 0.717) is 12.2 Å². The Morgan fingerprint density at radius 1 is 1.10 bits per heavy atom. The highest BCUT2D eigenvalue weighted by Gasteiger charge is 2.39. The fourth-order valence-electron chi connectivity index (χ4n) is 3.90. The molecule has 2 aromatic rings. The van der Waals surface area contributed by atoms with Crippen LogP contribution in [0.4, 0.5) is 10.5 Å². The Morgan fingerprint density at radius 2 is 1.87 bits per heavy atom. The van der Waals surface area contributed by atoms with Gasteiger partial charge in [0.15, 0.2) is 0 Å². The molecule has 0 saturated carbocycles. The number of carbonyl (C=O) groups excluding carboxylic acids is 3. The number of carbonyl (C=O) groups is 3. The zero-order valence-corrected chi connectivity index (χ0v) is 16.8. The largest absolute Gasteiger partial charge is 0.379 e. The number of ether oxygens (including phenoxy) is 1. The molecule has 1 atom stereocenters. The average Bonchev–Trinajstić information content (AvgIpc) is 3.05. The van der Waals surface area contributed by atoms with E-state index in [1.807, 2.05) is 36.4 Å². The second kappa shape index (κ2) is 9.23. The minimum atomic E-state index is -0.693. The highest BCUT2D eigenvalue weighted by Crippen LogP contribution is 2.29. The molecule has 4 amide bonds. The summed E-state index contributed by atoms with van der Waals surface area (Å²) in [4.78, 5) is 41.0. The maximum Gasteiger partial charge on any atom is 0.329 e. The standard InChI is InChI=1S/C22H26N4O4/c27-20(23-10-11-25-12-14-30-15-13-25)9-8-18-21(28)26(22(29)24-18)19-7-3-5-16-4-1-2-6-17(16)19/h1-7,18H,8-15H2,(H,23,27)(H,24,29). The topological polar surface area (TPSA) is 91.0 Å². The molecule has 2 aromatic carbocycles. The third-order valence-electron chi connectivity index (χ3n) is 5.54. The molecule has 0 bridgehead atoms. The molecule has 8 heteroatoms. The van der Waals surface area contributed by atoms with E-state index in [9.17, 15) is 14.4 Å². The fourth-order valence-corrected chi connectivity index (χ4v) is 3.90. The monoisotopic (exact) mass is 410 g/mol. The van der Waals surface area contributed by atoms with Gasteiger partial charge in [0.1, 0.15) is 6.04 Å². The number of hydrogen-bond donors (Lipinski definition) is 2. The summed E-state index contributed by atoms with van der Waals surface area (Å²) in [6.45, 7) is 4.55. The van der Waals surface area contributed by atoms with Gasteiger partial charge in [-0.25, -0.2) is 9.69 Å². The molecule has 2 aliphatic heterocycles. The van der Waals surface area contributed by atoms with Crippen LogP contribution in [-0.4, -0.2) is 68.2 Å². The number of fused-ring (bicyclic) bond motifs is 1. The number of rotatable bonds is 7. The van der Waals surface area contributed by atoms with E-state index >= 15 is 0 Å². The Labute approximate surface area is 175 Å². The number of imide groups is 1. The van der Waals surface area contributed by atoms with Gasteiger partial charge >= 0.3 is 6.03 Å². The summed E-state index contributed by atoms with van der Waals surface area (Å²) < 4.78 is 5.31. The van der Waals surface area contributed by atoms with Crippen LogP contribution < -0.4 is 15.5 Å². The zero-order chi connectivity index (χ0) is 20.9. The summed E-state index contributed by atoms with van der Waals surface area (Å²) in [6, 6.07) is 12.0. The van der Waals surface area contributed by atoms with Gasteiger partial charge in [0.2, 0.25) is 5.91 Å². The Balaban J connectivity index is 1.31. The van der Waals surface area contributed by atoms with E-state index < -0.39 is 12.1 Å². The van der Waals surface area contributed by atoms with Gasteiger partial charge in [0.25, 0.3) is 5.91 Å². The highest BCUT2D eigenvalue weighted by molar-refractivity contribution is 6.24.